The summed E-state index contributed by atoms with van der Waals surface area (Å²) >= 11 is 0. The van der Waals surface area contributed by atoms with E-state index < -0.39 is 0 Å². The molecule has 1 rings (SSSR count). The zero-order valence-electron chi connectivity index (χ0n) is 8.43. The minimum atomic E-state index is -0.00507. The van der Waals surface area contributed by atoms with Gasteiger partial charge in [-0.05, 0) is 30.6 Å². The molecule has 0 unspecified atom stereocenters. The predicted molar refractivity (Wildman–Crippen MR) is 50.8 cm³/mol. The summed E-state index contributed by atoms with van der Waals surface area (Å²) in [5.74, 6) is 0.782. The average Bonchev–Trinajstić information content (AvgIpc) is 1.83. The van der Waals surface area contributed by atoms with Gasteiger partial charge in [-0.25, -0.2) is 0 Å². The van der Waals surface area contributed by atoms with E-state index in [1.807, 2.05) is 0 Å². The van der Waals surface area contributed by atoms with Crippen LogP contribution in [0.3, 0.4) is 0 Å². The lowest BCUT2D eigenvalue weighted by atomic mass is 9.63. The van der Waals surface area contributed by atoms with E-state index in [4.69, 9.17) is 10.8 Å². The van der Waals surface area contributed by atoms with Crippen molar-refractivity contribution in [2.24, 2.45) is 17.1 Å². The maximum atomic E-state index is 9.09. The van der Waals surface area contributed by atoms with Crippen molar-refractivity contribution >= 4 is 0 Å². The van der Waals surface area contributed by atoms with Crippen molar-refractivity contribution in [1.29, 1.82) is 0 Å². The van der Waals surface area contributed by atoms with E-state index in [0.717, 1.165) is 25.2 Å². The normalized spacial score (nSPS) is 36.2. The molecule has 12 heavy (non-hydrogen) atoms. The summed E-state index contributed by atoms with van der Waals surface area (Å²) in [5.41, 5.74) is 6.16. The highest BCUT2D eigenvalue weighted by Gasteiger charge is 2.41. The lowest BCUT2D eigenvalue weighted by Gasteiger charge is -2.47. The summed E-state index contributed by atoms with van der Waals surface area (Å²) < 4.78 is 0. The lowest BCUT2D eigenvalue weighted by Crippen LogP contribution is -2.53. The smallest absolute Gasteiger partial charge is 0.0482 e. The van der Waals surface area contributed by atoms with Gasteiger partial charge in [-0.3, -0.25) is 0 Å². The molecular weight excluding hydrogens is 150 g/mol. The van der Waals surface area contributed by atoms with Crippen LogP contribution in [0.2, 0.25) is 0 Å². The molecule has 0 aromatic carbocycles. The molecule has 3 N–H and O–H groups in total. The second-order valence-corrected chi connectivity index (χ2v) is 5.37. The lowest BCUT2D eigenvalue weighted by molar-refractivity contribution is 0.0625. The van der Waals surface area contributed by atoms with Crippen LogP contribution in [0.25, 0.3) is 0 Å². The van der Waals surface area contributed by atoms with Crippen molar-refractivity contribution in [3.63, 3.8) is 0 Å². The van der Waals surface area contributed by atoms with Gasteiger partial charge in [0, 0.05) is 12.1 Å². The van der Waals surface area contributed by atoms with Gasteiger partial charge in [-0.1, -0.05) is 20.8 Å². The van der Waals surface area contributed by atoms with Gasteiger partial charge in [0.25, 0.3) is 0 Å². The van der Waals surface area contributed by atoms with Crippen LogP contribution in [0.1, 0.15) is 40.0 Å². The van der Waals surface area contributed by atoms with Crippen LogP contribution >= 0.6 is 0 Å². The Labute approximate surface area is 75.2 Å². The summed E-state index contributed by atoms with van der Waals surface area (Å²) in [7, 11) is 0. The zero-order valence-corrected chi connectivity index (χ0v) is 8.43. The molecule has 0 radical (unpaired) electrons. The standard InChI is InChI=1S/C10H21NO/c1-8-4-10(11,5-8)6-9(2,3)7-12/h8,12H,4-7,11H2,1-3H3. The van der Waals surface area contributed by atoms with E-state index in [1.165, 1.54) is 0 Å². The van der Waals surface area contributed by atoms with Crippen molar-refractivity contribution < 1.29 is 5.11 Å². The maximum absolute atomic E-state index is 9.09. The fourth-order valence-corrected chi connectivity index (χ4v) is 2.48. The minimum Gasteiger partial charge on any atom is -0.396 e. The molecule has 1 saturated carbocycles. The summed E-state index contributed by atoms with van der Waals surface area (Å²) in [5, 5.41) is 9.09. The molecule has 1 aliphatic carbocycles. The Hall–Kier alpha value is -0.0800. The Morgan fingerprint density at radius 3 is 2.33 bits per heavy atom. The first-order chi connectivity index (χ1) is 5.37. The fraction of sp³-hybridized carbons (Fsp3) is 1.00. The van der Waals surface area contributed by atoms with Crippen LogP contribution in [0.4, 0.5) is 0 Å². The highest BCUT2D eigenvalue weighted by atomic mass is 16.3. The number of aliphatic hydroxyl groups is 1. The molecule has 0 aromatic heterocycles. The van der Waals surface area contributed by atoms with Gasteiger partial charge in [-0.15, -0.1) is 0 Å². The van der Waals surface area contributed by atoms with Crippen molar-refractivity contribution in [3.8, 4) is 0 Å². The van der Waals surface area contributed by atoms with E-state index in [0.29, 0.717) is 0 Å². The van der Waals surface area contributed by atoms with Gasteiger partial charge < -0.3 is 10.8 Å². The Kier molecular flexibility index (Phi) is 2.50. The zero-order chi connectivity index (χ0) is 9.41. The van der Waals surface area contributed by atoms with Gasteiger partial charge in [0.15, 0.2) is 0 Å². The second kappa shape index (κ2) is 3.00. The van der Waals surface area contributed by atoms with Gasteiger partial charge in [0.2, 0.25) is 0 Å². The minimum absolute atomic E-state index is 0.00507. The first-order valence-corrected chi connectivity index (χ1v) is 4.77. The van der Waals surface area contributed by atoms with Gasteiger partial charge >= 0.3 is 0 Å². The van der Waals surface area contributed by atoms with Crippen LogP contribution in [0.5, 0.6) is 0 Å². The van der Waals surface area contributed by atoms with Crippen LogP contribution in [-0.4, -0.2) is 17.3 Å². The number of aliphatic hydroxyl groups excluding tert-OH is 1. The number of hydrogen-bond acceptors (Lipinski definition) is 2. The third kappa shape index (κ3) is 2.20. The molecule has 0 spiro atoms. The van der Waals surface area contributed by atoms with E-state index in [2.05, 4.69) is 20.8 Å². The summed E-state index contributed by atoms with van der Waals surface area (Å²) in [6.45, 7) is 6.62. The molecule has 2 heteroatoms. The molecule has 0 atom stereocenters. The molecule has 0 bridgehead atoms. The molecule has 2 nitrogen and oxygen atoms in total. The fourth-order valence-electron chi connectivity index (χ4n) is 2.48. The number of hydrogen-bond donors (Lipinski definition) is 2. The highest BCUT2D eigenvalue weighted by molar-refractivity contribution is 4.99. The maximum Gasteiger partial charge on any atom is 0.0482 e. The van der Waals surface area contributed by atoms with E-state index in [-0.39, 0.29) is 17.6 Å². The Balaban J connectivity index is 2.41. The Morgan fingerprint density at radius 2 is 2.00 bits per heavy atom. The molecule has 0 aromatic rings. The van der Waals surface area contributed by atoms with Crippen molar-refractivity contribution in [3.05, 3.63) is 0 Å². The molecule has 1 fully saturated rings. The molecule has 0 amide bonds. The molecule has 0 aliphatic heterocycles. The first-order valence-electron chi connectivity index (χ1n) is 4.77. The van der Waals surface area contributed by atoms with Crippen molar-refractivity contribution in [2.45, 2.75) is 45.6 Å². The van der Waals surface area contributed by atoms with Gasteiger partial charge in [0.05, 0.1) is 0 Å². The average molecular weight is 171 g/mol. The third-order valence-corrected chi connectivity index (χ3v) is 2.77. The SMILES string of the molecule is CC1CC(N)(CC(C)(C)CO)C1. The van der Waals surface area contributed by atoms with Gasteiger partial charge in [0.1, 0.15) is 0 Å². The third-order valence-electron chi connectivity index (χ3n) is 2.77. The van der Waals surface area contributed by atoms with Crippen LogP contribution in [0, 0.1) is 11.3 Å². The molecular formula is C10H21NO. The predicted octanol–water partition coefficient (Wildman–Crippen LogP) is 1.52. The second-order valence-electron chi connectivity index (χ2n) is 5.37. The topological polar surface area (TPSA) is 46.2 Å². The van der Waals surface area contributed by atoms with Crippen molar-refractivity contribution in [1.82, 2.24) is 0 Å². The largest absolute Gasteiger partial charge is 0.396 e. The number of nitrogens with two attached hydrogens (primary N) is 1. The quantitative estimate of drug-likeness (QED) is 0.676. The van der Waals surface area contributed by atoms with E-state index in [1.54, 1.807) is 0 Å². The summed E-state index contributed by atoms with van der Waals surface area (Å²) in [6.07, 6.45) is 3.19. The highest BCUT2D eigenvalue weighted by Crippen LogP contribution is 2.42. The van der Waals surface area contributed by atoms with Gasteiger partial charge in [-0.2, -0.15) is 0 Å². The number of rotatable bonds is 3. The van der Waals surface area contributed by atoms with Crippen LogP contribution in [-0.2, 0) is 0 Å². The first kappa shape index (κ1) is 10.0. The van der Waals surface area contributed by atoms with Crippen LogP contribution < -0.4 is 5.73 Å². The van der Waals surface area contributed by atoms with E-state index in [9.17, 15) is 0 Å². The monoisotopic (exact) mass is 171 g/mol. The summed E-state index contributed by atoms with van der Waals surface area (Å²) in [6, 6.07) is 0. The molecule has 0 saturated heterocycles. The Morgan fingerprint density at radius 1 is 1.50 bits per heavy atom. The molecule has 72 valence electrons. The Bertz CT molecular complexity index is 159. The molecule has 1 aliphatic rings. The van der Waals surface area contributed by atoms with E-state index >= 15 is 0 Å². The van der Waals surface area contributed by atoms with Crippen molar-refractivity contribution in [2.75, 3.05) is 6.61 Å². The molecule has 0 heterocycles. The summed E-state index contributed by atoms with van der Waals surface area (Å²) in [4.78, 5) is 0. The van der Waals surface area contributed by atoms with Crippen LogP contribution in [0.15, 0.2) is 0 Å².